The van der Waals surface area contributed by atoms with Gasteiger partial charge >= 0.3 is 13.5 Å². The monoisotopic (exact) mass is 319 g/mol. The van der Waals surface area contributed by atoms with Crippen LogP contribution in [0.2, 0.25) is 0 Å². The second-order valence-corrected chi connectivity index (χ2v) is 6.94. The SMILES string of the molecule is CP(=N)(Oc1ccccc1)Oc1ccc(CCC(=O)O)cc1. The summed E-state index contributed by atoms with van der Waals surface area (Å²) in [6.07, 6.45) is 0.573. The fourth-order valence-corrected chi connectivity index (χ4v) is 2.96. The molecule has 0 saturated heterocycles. The Labute approximate surface area is 129 Å². The lowest BCUT2D eigenvalue weighted by Crippen LogP contribution is -1.99. The van der Waals surface area contributed by atoms with Crippen molar-refractivity contribution < 1.29 is 18.9 Å². The molecule has 0 fully saturated rings. The van der Waals surface area contributed by atoms with Gasteiger partial charge < -0.3 is 14.2 Å². The molecule has 2 aromatic rings. The quantitative estimate of drug-likeness (QED) is 0.741. The molecule has 0 bridgehead atoms. The number of carboxylic acid groups (broad SMARTS) is 1. The topological polar surface area (TPSA) is 79.6 Å². The minimum absolute atomic E-state index is 0.0977. The molecule has 1 atom stereocenters. The van der Waals surface area contributed by atoms with Gasteiger partial charge in [0.15, 0.2) is 0 Å². The Morgan fingerprint density at radius 2 is 1.59 bits per heavy atom. The first-order chi connectivity index (χ1) is 10.4. The van der Waals surface area contributed by atoms with Gasteiger partial charge in [0.05, 0.1) is 0 Å². The van der Waals surface area contributed by atoms with Gasteiger partial charge in [-0.15, -0.1) is 0 Å². The van der Waals surface area contributed by atoms with E-state index in [0.717, 1.165) is 5.56 Å². The van der Waals surface area contributed by atoms with Gasteiger partial charge in [-0.1, -0.05) is 30.3 Å². The minimum Gasteiger partial charge on any atom is -0.481 e. The molecule has 2 rings (SSSR count). The number of aliphatic carboxylic acids is 1. The Morgan fingerprint density at radius 3 is 2.14 bits per heavy atom. The summed E-state index contributed by atoms with van der Waals surface area (Å²) in [5, 5.41) is 16.8. The van der Waals surface area contributed by atoms with Crippen LogP contribution in [-0.2, 0) is 11.2 Å². The summed E-state index contributed by atoms with van der Waals surface area (Å²) >= 11 is 0. The highest BCUT2D eigenvalue weighted by molar-refractivity contribution is 7.55. The lowest BCUT2D eigenvalue weighted by Gasteiger charge is -2.19. The van der Waals surface area contributed by atoms with Gasteiger partial charge in [0.25, 0.3) is 0 Å². The largest absolute Gasteiger partial charge is 0.481 e. The molecule has 0 spiro atoms. The second-order valence-electron chi connectivity index (χ2n) is 4.88. The van der Waals surface area contributed by atoms with Crippen LogP contribution < -0.4 is 9.05 Å². The van der Waals surface area contributed by atoms with Crippen LogP contribution in [0.3, 0.4) is 0 Å². The molecule has 0 aliphatic rings. The van der Waals surface area contributed by atoms with Crippen molar-refractivity contribution in [3.63, 3.8) is 0 Å². The summed E-state index contributed by atoms with van der Waals surface area (Å²) in [6.45, 7) is 1.62. The maximum atomic E-state index is 10.5. The van der Waals surface area contributed by atoms with Crippen LogP contribution in [0.4, 0.5) is 0 Å². The summed E-state index contributed by atoms with van der Waals surface area (Å²) in [6, 6.07) is 16.2. The van der Waals surface area contributed by atoms with E-state index >= 15 is 0 Å². The van der Waals surface area contributed by atoms with Crippen LogP contribution in [0.1, 0.15) is 12.0 Å². The van der Waals surface area contributed by atoms with Gasteiger partial charge in [0.2, 0.25) is 0 Å². The summed E-state index contributed by atoms with van der Waals surface area (Å²) in [5.74, 6) is 0.327. The Morgan fingerprint density at radius 1 is 1.05 bits per heavy atom. The zero-order valence-electron chi connectivity index (χ0n) is 12.2. The molecular formula is C16H18NO4P. The number of aryl methyl sites for hydroxylation is 1. The molecule has 6 heteroatoms. The van der Waals surface area contributed by atoms with E-state index in [-0.39, 0.29) is 6.42 Å². The molecule has 0 heterocycles. The molecule has 0 aromatic heterocycles. The van der Waals surface area contributed by atoms with Gasteiger partial charge in [-0.25, -0.2) is 5.16 Å². The molecule has 116 valence electrons. The van der Waals surface area contributed by atoms with Gasteiger partial charge in [-0.05, 0) is 36.2 Å². The van der Waals surface area contributed by atoms with Crippen molar-refractivity contribution >= 4 is 13.5 Å². The number of rotatable bonds is 7. The van der Waals surface area contributed by atoms with Crippen molar-refractivity contribution in [2.24, 2.45) is 0 Å². The van der Waals surface area contributed by atoms with Crippen LogP contribution in [-0.4, -0.2) is 17.7 Å². The predicted octanol–water partition coefficient (Wildman–Crippen LogP) is 4.40. The van der Waals surface area contributed by atoms with E-state index in [1.54, 1.807) is 43.1 Å². The van der Waals surface area contributed by atoms with E-state index in [1.807, 2.05) is 18.2 Å². The summed E-state index contributed by atoms with van der Waals surface area (Å²) in [4.78, 5) is 10.5. The van der Waals surface area contributed by atoms with Crippen LogP contribution >= 0.6 is 7.51 Å². The first-order valence-corrected chi connectivity index (χ1v) is 8.88. The zero-order valence-corrected chi connectivity index (χ0v) is 13.1. The van der Waals surface area contributed by atoms with E-state index in [0.29, 0.717) is 17.9 Å². The van der Waals surface area contributed by atoms with Crippen LogP contribution in [0.15, 0.2) is 54.6 Å². The summed E-state index contributed by atoms with van der Waals surface area (Å²) < 4.78 is 11.2. The van der Waals surface area contributed by atoms with Crippen molar-refractivity contribution in [1.82, 2.24) is 0 Å². The van der Waals surface area contributed by atoms with Gasteiger partial charge in [0.1, 0.15) is 11.5 Å². The van der Waals surface area contributed by atoms with Crippen molar-refractivity contribution in [2.45, 2.75) is 12.8 Å². The number of nitrogens with one attached hydrogen (secondary N) is 1. The third-order valence-electron chi connectivity index (χ3n) is 2.85. The number of benzene rings is 2. The minimum atomic E-state index is -2.78. The molecule has 0 amide bonds. The van der Waals surface area contributed by atoms with E-state index in [9.17, 15) is 4.79 Å². The van der Waals surface area contributed by atoms with Crippen molar-refractivity contribution in [3.8, 4) is 11.5 Å². The maximum absolute atomic E-state index is 10.5. The zero-order chi connectivity index (χ0) is 16.0. The lowest BCUT2D eigenvalue weighted by atomic mass is 10.1. The Balaban J connectivity index is 1.97. The fourth-order valence-electron chi connectivity index (χ4n) is 1.87. The molecule has 0 aliphatic heterocycles. The number of hydrogen-bond donors (Lipinski definition) is 2. The second kappa shape index (κ2) is 7.14. The number of para-hydroxylation sites is 1. The third-order valence-corrected chi connectivity index (χ3v) is 3.97. The van der Waals surface area contributed by atoms with E-state index in [1.165, 1.54) is 0 Å². The number of carbonyl (C=O) groups is 1. The van der Waals surface area contributed by atoms with Gasteiger partial charge in [-0.3, -0.25) is 4.79 Å². The first kappa shape index (κ1) is 16.1. The van der Waals surface area contributed by atoms with Crippen molar-refractivity contribution in [1.29, 1.82) is 5.16 Å². The molecular weight excluding hydrogens is 301 g/mol. The van der Waals surface area contributed by atoms with E-state index in [2.05, 4.69) is 0 Å². The van der Waals surface area contributed by atoms with Crippen LogP contribution in [0, 0.1) is 5.16 Å². The Kier molecular flexibility index (Phi) is 5.23. The molecule has 0 saturated carbocycles. The third kappa shape index (κ3) is 5.26. The number of hydrogen-bond acceptors (Lipinski definition) is 4. The van der Waals surface area contributed by atoms with Gasteiger partial charge in [-0.2, -0.15) is 0 Å². The highest BCUT2D eigenvalue weighted by Gasteiger charge is 2.15. The summed E-state index contributed by atoms with van der Waals surface area (Å²) in [7, 11) is -2.78. The molecule has 2 N–H and O–H groups in total. The van der Waals surface area contributed by atoms with Crippen molar-refractivity contribution in [3.05, 3.63) is 60.2 Å². The van der Waals surface area contributed by atoms with Crippen LogP contribution in [0.25, 0.3) is 0 Å². The average Bonchev–Trinajstić information content (AvgIpc) is 2.46. The summed E-state index contributed by atoms with van der Waals surface area (Å²) in [5.41, 5.74) is 0.920. The molecule has 0 aliphatic carbocycles. The normalized spacial score (nSPS) is 13.1. The standard InChI is InChI=1S/C16H18NO4P/c1-22(17,20-14-5-3-2-4-6-14)21-15-10-7-13(8-11-15)9-12-16(18)19/h2-8,10-11,17H,9,12H2,1H3,(H,18,19). The molecule has 5 nitrogen and oxygen atoms in total. The van der Waals surface area contributed by atoms with E-state index in [4.69, 9.17) is 19.3 Å². The maximum Gasteiger partial charge on any atom is 0.308 e. The molecule has 0 radical (unpaired) electrons. The van der Waals surface area contributed by atoms with Crippen molar-refractivity contribution in [2.75, 3.05) is 6.66 Å². The molecule has 22 heavy (non-hydrogen) atoms. The smallest absolute Gasteiger partial charge is 0.308 e. The number of carboxylic acids is 1. The average molecular weight is 319 g/mol. The van der Waals surface area contributed by atoms with E-state index < -0.39 is 13.5 Å². The Bertz CT molecular complexity index is 670. The highest BCUT2D eigenvalue weighted by Crippen LogP contribution is 2.45. The molecule has 1 unspecified atom stereocenters. The fraction of sp³-hybridized carbons (Fsp3) is 0.188. The molecule has 2 aromatic carbocycles. The van der Waals surface area contributed by atoms with Crippen LogP contribution in [0.5, 0.6) is 11.5 Å². The highest BCUT2D eigenvalue weighted by atomic mass is 31.2. The Hall–Kier alpha value is -2.26. The lowest BCUT2D eigenvalue weighted by molar-refractivity contribution is -0.136. The first-order valence-electron chi connectivity index (χ1n) is 6.81. The van der Waals surface area contributed by atoms with Gasteiger partial charge in [0, 0.05) is 13.1 Å². The predicted molar refractivity (Wildman–Crippen MR) is 85.7 cm³/mol.